The molecule has 0 atom stereocenters. The standard InChI is InChI=1S/C17H35N5O2/c1-16(2,3)20-14(18-7)19-8-9-21-10-12-22(13-11-21)15(23)24-17(4,5)6/h8-13H2,1-7H3,(H2,18,19,20). The Balaban J connectivity index is 2.28. The minimum absolute atomic E-state index is 0.0130. The van der Waals surface area contributed by atoms with E-state index >= 15 is 0 Å². The first-order chi connectivity index (χ1) is 11.0. The number of amides is 1. The summed E-state index contributed by atoms with van der Waals surface area (Å²) in [5.74, 6) is 0.815. The molecule has 140 valence electrons. The fraction of sp³-hybridized carbons (Fsp3) is 0.882. The van der Waals surface area contributed by atoms with Crippen LogP contribution in [-0.2, 0) is 4.74 Å². The maximum absolute atomic E-state index is 12.0. The van der Waals surface area contributed by atoms with Gasteiger partial charge in [-0.05, 0) is 41.5 Å². The summed E-state index contributed by atoms with van der Waals surface area (Å²) in [6.07, 6.45) is -0.213. The Morgan fingerprint density at radius 3 is 2.12 bits per heavy atom. The first kappa shape index (κ1) is 20.5. The van der Waals surface area contributed by atoms with E-state index in [2.05, 4.69) is 41.3 Å². The number of nitrogens with zero attached hydrogens (tertiary/aromatic N) is 3. The van der Waals surface area contributed by atoms with Crippen molar-refractivity contribution in [1.82, 2.24) is 20.4 Å². The van der Waals surface area contributed by atoms with Crippen LogP contribution < -0.4 is 10.6 Å². The van der Waals surface area contributed by atoms with Gasteiger partial charge < -0.3 is 20.3 Å². The van der Waals surface area contributed by atoms with E-state index in [1.54, 1.807) is 11.9 Å². The summed E-state index contributed by atoms with van der Waals surface area (Å²) in [4.78, 5) is 20.4. The molecule has 0 radical (unpaired) electrons. The predicted octanol–water partition coefficient (Wildman–Crippen LogP) is 1.50. The van der Waals surface area contributed by atoms with Gasteiger partial charge in [-0.1, -0.05) is 0 Å². The first-order valence-electron chi connectivity index (χ1n) is 8.69. The summed E-state index contributed by atoms with van der Waals surface area (Å²) in [7, 11) is 1.78. The van der Waals surface area contributed by atoms with E-state index in [9.17, 15) is 4.79 Å². The van der Waals surface area contributed by atoms with Gasteiger partial charge in [0.15, 0.2) is 5.96 Å². The van der Waals surface area contributed by atoms with Crippen LogP contribution >= 0.6 is 0 Å². The lowest BCUT2D eigenvalue weighted by atomic mass is 10.1. The van der Waals surface area contributed by atoms with Crippen molar-refractivity contribution in [3.8, 4) is 0 Å². The van der Waals surface area contributed by atoms with Crippen molar-refractivity contribution < 1.29 is 9.53 Å². The third-order valence-electron chi connectivity index (χ3n) is 3.46. The van der Waals surface area contributed by atoms with Crippen LogP contribution in [0.5, 0.6) is 0 Å². The topological polar surface area (TPSA) is 69.2 Å². The maximum Gasteiger partial charge on any atom is 0.410 e. The summed E-state index contributed by atoms with van der Waals surface area (Å²) >= 11 is 0. The molecule has 0 spiro atoms. The van der Waals surface area contributed by atoms with Crippen molar-refractivity contribution in [1.29, 1.82) is 0 Å². The molecule has 0 aromatic heterocycles. The van der Waals surface area contributed by atoms with E-state index in [-0.39, 0.29) is 11.6 Å². The minimum Gasteiger partial charge on any atom is -0.444 e. The van der Waals surface area contributed by atoms with E-state index in [4.69, 9.17) is 4.74 Å². The van der Waals surface area contributed by atoms with Crippen LogP contribution in [-0.4, -0.2) is 79.3 Å². The lowest BCUT2D eigenvalue weighted by Gasteiger charge is -2.35. The SMILES string of the molecule is CN=C(NCCN1CCN(C(=O)OC(C)(C)C)CC1)NC(C)(C)C. The molecule has 1 saturated heterocycles. The summed E-state index contributed by atoms with van der Waals surface area (Å²) in [6, 6.07) is 0. The number of piperazine rings is 1. The molecule has 0 unspecified atom stereocenters. The third kappa shape index (κ3) is 8.38. The van der Waals surface area contributed by atoms with Crippen molar-refractivity contribution in [2.75, 3.05) is 46.3 Å². The van der Waals surface area contributed by atoms with Crippen LogP contribution in [0.4, 0.5) is 4.79 Å². The van der Waals surface area contributed by atoms with Crippen LogP contribution in [0.2, 0.25) is 0 Å². The van der Waals surface area contributed by atoms with E-state index < -0.39 is 5.60 Å². The molecule has 7 heteroatoms. The number of carbonyl (C=O) groups excluding carboxylic acids is 1. The van der Waals surface area contributed by atoms with Gasteiger partial charge in [0.2, 0.25) is 0 Å². The maximum atomic E-state index is 12.0. The van der Waals surface area contributed by atoms with Crippen LogP contribution in [0.25, 0.3) is 0 Å². The summed E-state index contributed by atoms with van der Waals surface area (Å²) in [5, 5.41) is 6.67. The van der Waals surface area contributed by atoms with Crippen LogP contribution in [0.15, 0.2) is 4.99 Å². The van der Waals surface area contributed by atoms with Crippen molar-refractivity contribution in [2.24, 2.45) is 4.99 Å². The number of nitrogens with one attached hydrogen (secondary N) is 2. The summed E-state index contributed by atoms with van der Waals surface area (Å²) in [6.45, 7) is 16.9. The smallest absolute Gasteiger partial charge is 0.410 e. The number of hydrogen-bond donors (Lipinski definition) is 2. The Hall–Kier alpha value is -1.50. The number of rotatable bonds is 3. The summed E-state index contributed by atoms with van der Waals surface area (Å²) in [5.41, 5.74) is -0.449. The molecule has 1 aliphatic rings. The second-order valence-corrected chi connectivity index (χ2v) is 8.18. The van der Waals surface area contributed by atoms with Gasteiger partial charge in [0.05, 0.1) is 0 Å². The quantitative estimate of drug-likeness (QED) is 0.601. The second kappa shape index (κ2) is 8.55. The molecule has 7 nitrogen and oxygen atoms in total. The van der Waals surface area contributed by atoms with Gasteiger partial charge in [-0.3, -0.25) is 9.89 Å². The molecule has 2 N–H and O–H groups in total. The van der Waals surface area contributed by atoms with Gasteiger partial charge in [0.25, 0.3) is 0 Å². The van der Waals surface area contributed by atoms with Crippen molar-refractivity contribution in [2.45, 2.75) is 52.7 Å². The lowest BCUT2D eigenvalue weighted by molar-refractivity contribution is 0.0147. The highest BCUT2D eigenvalue weighted by Crippen LogP contribution is 2.11. The zero-order valence-electron chi connectivity index (χ0n) is 16.4. The van der Waals surface area contributed by atoms with Crippen LogP contribution in [0.3, 0.4) is 0 Å². The molecule has 0 bridgehead atoms. The molecule has 0 aromatic rings. The van der Waals surface area contributed by atoms with E-state index in [0.717, 1.165) is 32.1 Å². The van der Waals surface area contributed by atoms with Crippen molar-refractivity contribution in [3.63, 3.8) is 0 Å². The number of carbonyl (C=O) groups is 1. The van der Waals surface area contributed by atoms with Gasteiger partial charge in [0.1, 0.15) is 5.60 Å². The monoisotopic (exact) mass is 341 g/mol. The summed E-state index contributed by atoms with van der Waals surface area (Å²) < 4.78 is 5.42. The van der Waals surface area contributed by atoms with Crippen LogP contribution in [0, 0.1) is 0 Å². The highest BCUT2D eigenvalue weighted by atomic mass is 16.6. The number of guanidine groups is 1. The molecule has 24 heavy (non-hydrogen) atoms. The molecular weight excluding hydrogens is 306 g/mol. The lowest BCUT2D eigenvalue weighted by Crippen LogP contribution is -2.52. The molecule has 1 heterocycles. The molecule has 1 aliphatic heterocycles. The van der Waals surface area contributed by atoms with Gasteiger partial charge in [-0.15, -0.1) is 0 Å². The molecule has 0 saturated carbocycles. The number of aliphatic imine (C=N–C) groups is 1. The highest BCUT2D eigenvalue weighted by molar-refractivity contribution is 5.80. The Morgan fingerprint density at radius 1 is 1.08 bits per heavy atom. The normalized spacial score (nSPS) is 17.6. The first-order valence-corrected chi connectivity index (χ1v) is 8.69. The number of hydrogen-bond acceptors (Lipinski definition) is 4. The largest absolute Gasteiger partial charge is 0.444 e. The molecule has 0 aromatic carbocycles. The molecular formula is C17H35N5O2. The van der Waals surface area contributed by atoms with Crippen molar-refractivity contribution >= 4 is 12.1 Å². The van der Waals surface area contributed by atoms with Crippen LogP contribution in [0.1, 0.15) is 41.5 Å². The van der Waals surface area contributed by atoms with E-state index in [1.807, 2.05) is 20.8 Å². The Bertz CT molecular complexity index is 429. The third-order valence-corrected chi connectivity index (χ3v) is 3.46. The molecule has 1 fully saturated rings. The Labute approximate surface area is 146 Å². The predicted molar refractivity (Wildman–Crippen MR) is 98.5 cm³/mol. The Kier molecular flexibility index (Phi) is 7.32. The molecule has 1 rings (SSSR count). The fourth-order valence-corrected chi connectivity index (χ4v) is 2.35. The molecule has 1 amide bonds. The fourth-order valence-electron chi connectivity index (χ4n) is 2.35. The van der Waals surface area contributed by atoms with E-state index in [1.165, 1.54) is 0 Å². The Morgan fingerprint density at radius 2 is 1.67 bits per heavy atom. The molecule has 0 aliphatic carbocycles. The number of ether oxygens (including phenoxy) is 1. The average Bonchev–Trinajstić information content (AvgIpc) is 2.43. The van der Waals surface area contributed by atoms with Gasteiger partial charge in [-0.2, -0.15) is 0 Å². The average molecular weight is 342 g/mol. The zero-order valence-corrected chi connectivity index (χ0v) is 16.4. The van der Waals surface area contributed by atoms with Gasteiger partial charge >= 0.3 is 6.09 Å². The van der Waals surface area contributed by atoms with Crippen molar-refractivity contribution in [3.05, 3.63) is 0 Å². The second-order valence-electron chi connectivity index (χ2n) is 8.18. The van der Waals surface area contributed by atoms with E-state index in [0.29, 0.717) is 13.1 Å². The minimum atomic E-state index is -0.436. The highest BCUT2D eigenvalue weighted by Gasteiger charge is 2.25. The van der Waals surface area contributed by atoms with Gasteiger partial charge in [-0.25, -0.2) is 4.79 Å². The zero-order chi connectivity index (χ0) is 18.4. The van der Waals surface area contributed by atoms with Gasteiger partial charge in [0, 0.05) is 51.9 Å².